The van der Waals surface area contributed by atoms with Gasteiger partial charge in [0.25, 0.3) is 11.8 Å². The van der Waals surface area contributed by atoms with Crippen LogP contribution in [0.1, 0.15) is 28.5 Å². The summed E-state index contributed by atoms with van der Waals surface area (Å²) >= 11 is 0. The van der Waals surface area contributed by atoms with Gasteiger partial charge in [0.15, 0.2) is 0 Å². The Morgan fingerprint density at radius 2 is 2.00 bits per heavy atom. The Balaban J connectivity index is 1.36. The second-order valence-electron chi connectivity index (χ2n) is 9.15. The number of rotatable bonds is 2. The van der Waals surface area contributed by atoms with Gasteiger partial charge in [-0.1, -0.05) is 6.92 Å². The molecule has 162 valence electrons. The molecular formula is C22H22F3N5O. The smallest absolute Gasteiger partial charge is 0.258 e. The van der Waals surface area contributed by atoms with Gasteiger partial charge >= 0.3 is 0 Å². The monoisotopic (exact) mass is 429 g/mol. The highest BCUT2D eigenvalue weighted by atomic mass is 19.3. The number of aromatic amines is 2. The van der Waals surface area contributed by atoms with Gasteiger partial charge in [0.1, 0.15) is 11.5 Å². The molecule has 0 spiro atoms. The minimum Gasteiger partial charge on any atom is -0.353 e. The first kappa shape index (κ1) is 18.9. The highest BCUT2D eigenvalue weighted by Gasteiger charge is 2.78. The minimum absolute atomic E-state index is 0.0280. The highest BCUT2D eigenvalue weighted by molar-refractivity contribution is 5.99. The molecule has 6 nitrogen and oxygen atoms in total. The van der Waals surface area contributed by atoms with Crippen molar-refractivity contribution in [3.63, 3.8) is 0 Å². The Labute approximate surface area is 176 Å². The summed E-state index contributed by atoms with van der Waals surface area (Å²) in [5.41, 5.74) is 2.41. The van der Waals surface area contributed by atoms with Crippen LogP contribution in [-0.4, -0.2) is 58.1 Å². The van der Waals surface area contributed by atoms with E-state index in [9.17, 15) is 18.0 Å². The van der Waals surface area contributed by atoms with Crippen LogP contribution in [0.2, 0.25) is 0 Å². The van der Waals surface area contributed by atoms with Crippen molar-refractivity contribution >= 4 is 16.8 Å². The largest absolute Gasteiger partial charge is 0.353 e. The number of piperazine rings is 1. The Hall–Kier alpha value is -2.81. The topological polar surface area (TPSA) is 76.8 Å². The third-order valence-electron chi connectivity index (χ3n) is 7.39. The van der Waals surface area contributed by atoms with Crippen LogP contribution in [0.25, 0.3) is 22.3 Å². The standard InChI is InChI=1S/C22H22F3N5O/c1-21-10-17-13(9-18(21)22(21,24)25)19(29-28-17)16-7-11-6-14(23)12(8-15(11)27-16)20(31)30-4-2-26-3-5-30/h6-8,18,26-27H,2-5,9-10H2,1H3,(H,28,29)/t18-,21+/m0/s1. The normalized spacial score (nSPS) is 26.6. The molecule has 3 aromatic rings. The first-order chi connectivity index (χ1) is 14.8. The number of fused-ring (bicyclic) bond motifs is 3. The van der Waals surface area contributed by atoms with Crippen LogP contribution < -0.4 is 5.32 Å². The Morgan fingerprint density at radius 3 is 2.77 bits per heavy atom. The van der Waals surface area contributed by atoms with E-state index in [4.69, 9.17) is 0 Å². The summed E-state index contributed by atoms with van der Waals surface area (Å²) in [6.45, 7) is 4.08. The van der Waals surface area contributed by atoms with Crippen LogP contribution in [0.3, 0.4) is 0 Å². The lowest BCUT2D eigenvalue weighted by molar-refractivity contribution is 0.0631. The van der Waals surface area contributed by atoms with E-state index in [-0.39, 0.29) is 24.3 Å². The second kappa shape index (κ2) is 6.12. The average Bonchev–Trinajstić information content (AvgIpc) is 3.13. The zero-order chi connectivity index (χ0) is 21.5. The molecule has 0 bridgehead atoms. The third-order valence-corrected chi connectivity index (χ3v) is 7.39. The Kier molecular flexibility index (Phi) is 3.74. The van der Waals surface area contributed by atoms with Crippen molar-refractivity contribution in [1.29, 1.82) is 0 Å². The van der Waals surface area contributed by atoms with Gasteiger partial charge < -0.3 is 15.2 Å². The van der Waals surface area contributed by atoms with Crippen molar-refractivity contribution in [3.05, 3.63) is 40.8 Å². The number of hydrogen-bond donors (Lipinski definition) is 3. The molecule has 3 aliphatic rings. The van der Waals surface area contributed by atoms with Crippen molar-refractivity contribution < 1.29 is 18.0 Å². The molecule has 1 amide bonds. The first-order valence-electron chi connectivity index (χ1n) is 10.6. The number of carbonyl (C=O) groups excluding carboxylic acids is 1. The minimum atomic E-state index is -2.66. The summed E-state index contributed by atoms with van der Waals surface area (Å²) < 4.78 is 43.2. The van der Waals surface area contributed by atoms with Crippen molar-refractivity contribution in [1.82, 2.24) is 25.4 Å². The molecule has 2 atom stereocenters. The van der Waals surface area contributed by atoms with Crippen molar-refractivity contribution in [3.8, 4) is 11.4 Å². The van der Waals surface area contributed by atoms with Crippen LogP contribution in [-0.2, 0) is 12.8 Å². The van der Waals surface area contributed by atoms with Gasteiger partial charge in [-0.2, -0.15) is 5.10 Å². The molecule has 2 aliphatic carbocycles. The number of aromatic nitrogens is 3. The molecule has 1 aliphatic heterocycles. The Morgan fingerprint density at radius 1 is 1.23 bits per heavy atom. The fraction of sp³-hybridized carbons (Fsp3) is 0.455. The van der Waals surface area contributed by atoms with Gasteiger partial charge in [0, 0.05) is 66.1 Å². The molecule has 2 aromatic heterocycles. The van der Waals surface area contributed by atoms with Gasteiger partial charge in [-0.05, 0) is 24.6 Å². The van der Waals surface area contributed by atoms with Gasteiger partial charge in [0.05, 0.1) is 11.3 Å². The van der Waals surface area contributed by atoms with Crippen molar-refractivity contribution in [2.45, 2.75) is 25.7 Å². The summed E-state index contributed by atoms with van der Waals surface area (Å²) in [6.07, 6.45) is 0.534. The number of nitrogens with one attached hydrogen (secondary N) is 3. The van der Waals surface area contributed by atoms with Crippen molar-refractivity contribution in [2.24, 2.45) is 11.3 Å². The molecular weight excluding hydrogens is 407 g/mol. The number of H-pyrrole nitrogens is 2. The Bertz CT molecular complexity index is 1230. The van der Waals surface area contributed by atoms with Crippen LogP contribution in [0.15, 0.2) is 18.2 Å². The zero-order valence-corrected chi connectivity index (χ0v) is 17.0. The molecule has 1 saturated carbocycles. The quantitative estimate of drug-likeness (QED) is 0.586. The SMILES string of the molecule is C[C@@]12Cc3[nH]nc(-c4cc5cc(F)c(C(=O)N6CCNCC6)cc5[nH]4)c3C[C@@H]1C2(F)F. The fourth-order valence-corrected chi connectivity index (χ4v) is 5.31. The number of halogens is 3. The predicted octanol–water partition coefficient (Wildman–Crippen LogP) is 3.11. The maximum atomic E-state index is 14.8. The highest BCUT2D eigenvalue weighted by Crippen LogP contribution is 2.70. The van der Waals surface area contributed by atoms with E-state index in [0.29, 0.717) is 48.5 Å². The summed E-state index contributed by atoms with van der Waals surface area (Å²) in [7, 11) is 0. The number of alkyl halides is 2. The number of nitrogens with zero attached hydrogens (tertiary/aromatic N) is 2. The summed E-state index contributed by atoms with van der Waals surface area (Å²) in [5.74, 6) is -4.23. The molecule has 2 fully saturated rings. The molecule has 1 saturated heterocycles. The van der Waals surface area contributed by atoms with E-state index in [1.165, 1.54) is 12.1 Å². The third kappa shape index (κ3) is 2.55. The summed E-state index contributed by atoms with van der Waals surface area (Å²) in [4.78, 5) is 17.6. The number of carbonyl (C=O) groups is 1. The van der Waals surface area contributed by atoms with Crippen LogP contribution in [0, 0.1) is 17.2 Å². The number of amides is 1. The maximum Gasteiger partial charge on any atom is 0.258 e. The summed E-state index contributed by atoms with van der Waals surface area (Å²) in [5, 5.41) is 11.1. The molecule has 1 aromatic carbocycles. The van der Waals surface area contributed by atoms with Gasteiger partial charge in [-0.15, -0.1) is 0 Å². The van der Waals surface area contributed by atoms with E-state index >= 15 is 0 Å². The first-order valence-corrected chi connectivity index (χ1v) is 10.6. The van der Waals surface area contributed by atoms with Crippen molar-refractivity contribution in [2.75, 3.05) is 26.2 Å². The maximum absolute atomic E-state index is 14.8. The second-order valence-corrected chi connectivity index (χ2v) is 9.15. The fourth-order valence-electron chi connectivity index (χ4n) is 5.31. The predicted molar refractivity (Wildman–Crippen MR) is 109 cm³/mol. The van der Waals surface area contributed by atoms with Gasteiger partial charge in [-0.3, -0.25) is 9.89 Å². The van der Waals surface area contributed by atoms with E-state index < -0.39 is 23.1 Å². The van der Waals surface area contributed by atoms with E-state index in [2.05, 4.69) is 20.5 Å². The molecule has 6 rings (SSSR count). The van der Waals surface area contributed by atoms with E-state index in [1.807, 2.05) is 0 Å². The van der Waals surface area contributed by atoms with E-state index in [0.717, 1.165) is 11.3 Å². The van der Waals surface area contributed by atoms with E-state index in [1.54, 1.807) is 17.9 Å². The lowest BCUT2D eigenvalue weighted by atomic mass is 9.87. The molecule has 3 N–H and O–H groups in total. The molecule has 31 heavy (non-hydrogen) atoms. The molecule has 3 heterocycles. The van der Waals surface area contributed by atoms with Gasteiger partial charge in [-0.25, -0.2) is 13.2 Å². The molecule has 9 heteroatoms. The van der Waals surface area contributed by atoms with Crippen LogP contribution >= 0.6 is 0 Å². The summed E-state index contributed by atoms with van der Waals surface area (Å²) in [6, 6.07) is 4.63. The average molecular weight is 429 g/mol. The van der Waals surface area contributed by atoms with Crippen LogP contribution in [0.5, 0.6) is 0 Å². The number of hydrogen-bond acceptors (Lipinski definition) is 3. The lowest BCUT2D eigenvalue weighted by Crippen LogP contribution is -2.46. The lowest BCUT2D eigenvalue weighted by Gasteiger charge is -2.27. The molecule has 0 radical (unpaired) electrons. The van der Waals surface area contributed by atoms with Crippen LogP contribution in [0.4, 0.5) is 13.2 Å². The number of benzene rings is 1. The van der Waals surface area contributed by atoms with Gasteiger partial charge in [0.2, 0.25) is 0 Å². The molecule has 0 unspecified atom stereocenters. The zero-order valence-electron chi connectivity index (χ0n) is 17.0.